The molecule has 0 saturated carbocycles. The van der Waals surface area contributed by atoms with Crippen LogP contribution in [0.5, 0.6) is 0 Å². The molecule has 0 amide bonds. The summed E-state index contributed by atoms with van der Waals surface area (Å²) in [6.07, 6.45) is 2.54. The smallest absolute Gasteiger partial charge is 0.112 e. The Balaban J connectivity index is 3.44. The van der Waals surface area contributed by atoms with E-state index in [9.17, 15) is 0 Å². The molecule has 0 aromatic rings. The summed E-state index contributed by atoms with van der Waals surface area (Å²) in [6, 6.07) is 0. The monoisotopic (exact) mass is 138 g/mol. The van der Waals surface area contributed by atoms with Crippen molar-refractivity contribution in [1.82, 2.24) is 0 Å². The van der Waals surface area contributed by atoms with Crippen LogP contribution in [-0.2, 0) is 4.74 Å². The van der Waals surface area contributed by atoms with Crippen molar-refractivity contribution in [2.24, 2.45) is 0 Å². The molecule has 56 valence electrons. The largest absolute Gasteiger partial charge is 0.494 e. The lowest BCUT2D eigenvalue weighted by molar-refractivity contribution is 0.235. The average molecular weight is 138 g/mol. The molecule has 0 aliphatic carbocycles. The van der Waals surface area contributed by atoms with Crippen LogP contribution in [0.3, 0.4) is 0 Å². The Morgan fingerprint density at radius 2 is 2.10 bits per heavy atom. The molecule has 0 rings (SSSR count). The first-order valence-electron chi connectivity index (χ1n) is 3.31. The fourth-order valence-electron chi connectivity index (χ4n) is 0.356. The maximum atomic E-state index is 5.18. The molecule has 0 aliphatic heterocycles. The van der Waals surface area contributed by atoms with Crippen LogP contribution in [0, 0.1) is 0 Å². The van der Waals surface area contributed by atoms with Crippen LogP contribution < -0.4 is 0 Å². The average Bonchev–Trinajstić information content (AvgIpc) is 1.99. The molecule has 0 heterocycles. The van der Waals surface area contributed by atoms with E-state index in [1.165, 1.54) is 0 Å². The van der Waals surface area contributed by atoms with Gasteiger partial charge in [0.1, 0.15) is 6.61 Å². The van der Waals surface area contributed by atoms with E-state index in [1.807, 2.05) is 6.92 Å². The van der Waals surface area contributed by atoms with Gasteiger partial charge < -0.3 is 4.74 Å². The zero-order chi connectivity index (χ0) is 7.98. The highest BCUT2D eigenvalue weighted by Gasteiger charge is 1.90. The maximum Gasteiger partial charge on any atom is 0.112 e. The van der Waals surface area contributed by atoms with E-state index < -0.39 is 0 Å². The lowest BCUT2D eigenvalue weighted by atomic mass is 10.3. The molecule has 0 aromatic carbocycles. The number of hydrogen-bond donors (Lipinski definition) is 0. The lowest BCUT2D eigenvalue weighted by Gasteiger charge is -2.05. The Morgan fingerprint density at radius 3 is 2.50 bits per heavy atom. The molecule has 0 aromatic heterocycles. The zero-order valence-corrected chi connectivity index (χ0v) is 6.52. The van der Waals surface area contributed by atoms with Crippen molar-refractivity contribution in [1.29, 1.82) is 0 Å². The van der Waals surface area contributed by atoms with E-state index in [0.717, 1.165) is 17.8 Å². The fourth-order valence-corrected chi connectivity index (χ4v) is 0.356. The second kappa shape index (κ2) is 4.86. The number of hydrogen-bond acceptors (Lipinski definition) is 1. The number of allylic oxidation sites excluding steroid dienone is 1. The molecule has 0 N–H and O–H groups in total. The molecular weight excluding hydrogens is 124 g/mol. The van der Waals surface area contributed by atoms with Crippen molar-refractivity contribution < 1.29 is 4.74 Å². The summed E-state index contributed by atoms with van der Waals surface area (Å²) in [5, 5.41) is 0. The van der Waals surface area contributed by atoms with Gasteiger partial charge in [-0.15, -0.1) is 0 Å². The Kier molecular flexibility index (Phi) is 4.38. The van der Waals surface area contributed by atoms with Crippen LogP contribution in [0.2, 0.25) is 0 Å². The first kappa shape index (κ1) is 9.02. The topological polar surface area (TPSA) is 9.23 Å². The van der Waals surface area contributed by atoms with Crippen molar-refractivity contribution in [3.05, 3.63) is 37.1 Å². The van der Waals surface area contributed by atoms with E-state index in [2.05, 4.69) is 19.7 Å². The Labute approximate surface area is 62.7 Å². The summed E-state index contributed by atoms with van der Waals surface area (Å²) in [5.41, 5.74) is 0.884. The van der Waals surface area contributed by atoms with Gasteiger partial charge in [-0.2, -0.15) is 0 Å². The zero-order valence-electron chi connectivity index (χ0n) is 6.52. The van der Waals surface area contributed by atoms with E-state index in [4.69, 9.17) is 4.74 Å². The van der Waals surface area contributed by atoms with Gasteiger partial charge in [-0.05, 0) is 5.57 Å². The molecule has 0 saturated heterocycles. The van der Waals surface area contributed by atoms with Crippen LogP contribution in [-0.4, -0.2) is 6.61 Å². The second-order valence-electron chi connectivity index (χ2n) is 2.04. The first-order chi connectivity index (χ1) is 4.70. The first-order valence-corrected chi connectivity index (χ1v) is 3.31. The van der Waals surface area contributed by atoms with Gasteiger partial charge in [0.2, 0.25) is 0 Å². The molecular formula is C9H14O. The van der Waals surface area contributed by atoms with E-state index in [1.54, 1.807) is 6.08 Å². The molecule has 0 bridgehead atoms. The third kappa shape index (κ3) is 3.96. The van der Waals surface area contributed by atoms with E-state index in [-0.39, 0.29) is 0 Å². The van der Waals surface area contributed by atoms with Crippen molar-refractivity contribution in [2.75, 3.05) is 6.61 Å². The normalized spacial score (nSPS) is 8.50. The van der Waals surface area contributed by atoms with Crippen LogP contribution >= 0.6 is 0 Å². The Morgan fingerprint density at radius 1 is 1.50 bits per heavy atom. The van der Waals surface area contributed by atoms with Crippen LogP contribution in [0.15, 0.2) is 37.1 Å². The van der Waals surface area contributed by atoms with Gasteiger partial charge in [0.25, 0.3) is 0 Å². The molecule has 1 heteroatoms. The fraction of sp³-hybridized carbons (Fsp3) is 0.333. The van der Waals surface area contributed by atoms with Crippen molar-refractivity contribution in [2.45, 2.75) is 13.3 Å². The molecule has 0 unspecified atom stereocenters. The summed E-state index contributed by atoms with van der Waals surface area (Å²) in [6.45, 7) is 13.4. The lowest BCUT2D eigenvalue weighted by Crippen LogP contribution is -1.93. The SMILES string of the molecule is C=CC(=C)COC(=C)CC. The summed E-state index contributed by atoms with van der Waals surface area (Å²) in [4.78, 5) is 0. The third-order valence-electron chi connectivity index (χ3n) is 1.14. The molecule has 0 spiro atoms. The minimum Gasteiger partial charge on any atom is -0.494 e. The molecule has 0 fully saturated rings. The van der Waals surface area contributed by atoms with Gasteiger partial charge in [0.15, 0.2) is 0 Å². The van der Waals surface area contributed by atoms with Crippen molar-refractivity contribution in [3.8, 4) is 0 Å². The number of rotatable bonds is 5. The second-order valence-corrected chi connectivity index (χ2v) is 2.04. The van der Waals surface area contributed by atoms with E-state index >= 15 is 0 Å². The number of ether oxygens (including phenoxy) is 1. The molecule has 1 nitrogen and oxygen atoms in total. The summed E-state index contributed by atoms with van der Waals surface area (Å²) in [5.74, 6) is 0.794. The predicted octanol–water partition coefficient (Wildman–Crippen LogP) is 2.67. The minimum absolute atomic E-state index is 0.510. The quantitative estimate of drug-likeness (QED) is 0.419. The van der Waals surface area contributed by atoms with Gasteiger partial charge in [0, 0.05) is 6.42 Å². The van der Waals surface area contributed by atoms with Crippen LogP contribution in [0.1, 0.15) is 13.3 Å². The summed E-state index contributed by atoms with van der Waals surface area (Å²) < 4.78 is 5.18. The molecule has 0 aliphatic rings. The summed E-state index contributed by atoms with van der Waals surface area (Å²) in [7, 11) is 0. The van der Waals surface area contributed by atoms with Crippen LogP contribution in [0.25, 0.3) is 0 Å². The van der Waals surface area contributed by atoms with E-state index in [0.29, 0.717) is 6.61 Å². The maximum absolute atomic E-state index is 5.18. The Hall–Kier alpha value is -0.980. The molecule has 0 atom stereocenters. The minimum atomic E-state index is 0.510. The molecule has 10 heavy (non-hydrogen) atoms. The highest BCUT2D eigenvalue weighted by atomic mass is 16.5. The highest BCUT2D eigenvalue weighted by Crippen LogP contribution is 2.01. The van der Waals surface area contributed by atoms with Crippen molar-refractivity contribution >= 4 is 0 Å². The van der Waals surface area contributed by atoms with Gasteiger partial charge in [0.05, 0.1) is 5.76 Å². The molecule has 0 radical (unpaired) electrons. The van der Waals surface area contributed by atoms with Crippen molar-refractivity contribution in [3.63, 3.8) is 0 Å². The third-order valence-corrected chi connectivity index (χ3v) is 1.14. The highest BCUT2D eigenvalue weighted by molar-refractivity contribution is 5.11. The van der Waals surface area contributed by atoms with Gasteiger partial charge >= 0.3 is 0 Å². The summed E-state index contributed by atoms with van der Waals surface area (Å²) >= 11 is 0. The van der Waals surface area contributed by atoms with Gasteiger partial charge in [-0.1, -0.05) is 32.7 Å². The van der Waals surface area contributed by atoms with Gasteiger partial charge in [-0.25, -0.2) is 0 Å². The standard InChI is InChI=1S/C9H14O/c1-5-8(3)7-10-9(4)6-2/h5H,1,3-4,6-7H2,2H3. The van der Waals surface area contributed by atoms with Crippen LogP contribution in [0.4, 0.5) is 0 Å². The Bertz CT molecular complexity index is 145. The predicted molar refractivity (Wildman–Crippen MR) is 44.7 cm³/mol. The van der Waals surface area contributed by atoms with Gasteiger partial charge in [-0.3, -0.25) is 0 Å².